The van der Waals surface area contributed by atoms with Crippen LogP contribution < -0.4 is 10.6 Å². The Morgan fingerprint density at radius 2 is 1.56 bits per heavy atom. The van der Waals surface area contributed by atoms with Crippen LogP contribution in [0.15, 0.2) is 108 Å². The normalized spacial score (nSPS) is 10.9. The third kappa shape index (κ3) is 4.69. The molecule has 1 amide bonds. The number of nitrogens with one attached hydrogen (secondary N) is 2. The Kier molecular flexibility index (Phi) is 6.09. The van der Waals surface area contributed by atoms with Gasteiger partial charge in [-0.15, -0.1) is 0 Å². The number of amides is 1. The fraction of sp³-hybridized carbons (Fsp3) is 0.0370. The van der Waals surface area contributed by atoms with Crippen LogP contribution in [0, 0.1) is 0 Å². The summed E-state index contributed by atoms with van der Waals surface area (Å²) in [6.45, 7) is 0. The molecule has 7 heteroatoms. The number of anilines is 1. The average molecular weight is 465 g/mol. The minimum absolute atomic E-state index is 0.207. The van der Waals surface area contributed by atoms with Gasteiger partial charge >= 0.3 is 0 Å². The molecule has 0 radical (unpaired) electrons. The molecule has 2 heterocycles. The number of carbonyl (C=O) groups is 1. The van der Waals surface area contributed by atoms with Gasteiger partial charge in [0.15, 0.2) is 16.3 Å². The zero-order valence-electron chi connectivity index (χ0n) is 18.0. The number of hydrogen-bond acceptors (Lipinski definition) is 5. The molecule has 5 aromatic rings. The monoisotopic (exact) mass is 464 g/mol. The highest BCUT2D eigenvalue weighted by Crippen LogP contribution is 2.26. The van der Waals surface area contributed by atoms with Gasteiger partial charge in [0.1, 0.15) is 0 Å². The summed E-state index contributed by atoms with van der Waals surface area (Å²) in [4.78, 5) is 21.9. The maximum absolute atomic E-state index is 13.3. The zero-order chi connectivity index (χ0) is 23.3. The molecule has 6 nitrogen and oxygen atoms in total. The highest BCUT2D eigenvalue weighted by Gasteiger charge is 2.23. The van der Waals surface area contributed by atoms with Crippen molar-refractivity contribution in [1.29, 1.82) is 0 Å². The van der Waals surface area contributed by atoms with Crippen LogP contribution in [-0.2, 0) is 4.79 Å². The minimum atomic E-state index is -0.485. The molecular weight excluding hydrogens is 444 g/mol. The largest absolute Gasteiger partial charge is 0.434 e. The molecule has 2 N–H and O–H groups in total. The molecular formula is C27H20N4O2S. The zero-order valence-corrected chi connectivity index (χ0v) is 18.8. The van der Waals surface area contributed by atoms with Crippen molar-refractivity contribution in [2.45, 2.75) is 5.92 Å². The lowest BCUT2D eigenvalue weighted by atomic mass is 9.90. The Morgan fingerprint density at radius 3 is 2.24 bits per heavy atom. The molecule has 0 aliphatic rings. The van der Waals surface area contributed by atoms with Crippen LogP contribution in [0.4, 0.5) is 5.69 Å². The van der Waals surface area contributed by atoms with Crippen LogP contribution in [0.5, 0.6) is 0 Å². The predicted molar refractivity (Wildman–Crippen MR) is 136 cm³/mol. The lowest BCUT2D eigenvalue weighted by molar-refractivity contribution is -0.120. The topological polar surface area (TPSA) is 80.0 Å². The quantitative estimate of drug-likeness (QED) is 0.333. The van der Waals surface area contributed by atoms with E-state index in [-0.39, 0.29) is 11.0 Å². The van der Waals surface area contributed by atoms with Crippen LogP contribution in [-0.4, -0.2) is 21.0 Å². The molecule has 2 aromatic heterocycles. The van der Waals surface area contributed by atoms with E-state index >= 15 is 0 Å². The van der Waals surface area contributed by atoms with E-state index in [9.17, 15) is 4.79 Å². The number of oxazole rings is 1. The third-order valence-electron chi connectivity index (χ3n) is 5.30. The van der Waals surface area contributed by atoms with E-state index in [0.717, 1.165) is 16.7 Å². The first-order valence-corrected chi connectivity index (χ1v) is 11.1. The molecule has 0 saturated carbocycles. The lowest BCUT2D eigenvalue weighted by Gasteiger charge is -2.18. The Hall–Kier alpha value is -4.36. The Morgan fingerprint density at radius 1 is 0.853 bits per heavy atom. The molecule has 0 bridgehead atoms. The van der Waals surface area contributed by atoms with Crippen molar-refractivity contribution in [2.24, 2.45) is 0 Å². The molecule has 0 fully saturated rings. The Balaban J connectivity index is 1.33. The van der Waals surface area contributed by atoms with Crippen molar-refractivity contribution >= 4 is 40.2 Å². The predicted octanol–water partition coefficient (Wildman–Crippen LogP) is 5.53. The van der Waals surface area contributed by atoms with Gasteiger partial charge < -0.3 is 15.1 Å². The number of carbonyl (C=O) groups excluding carboxylic acids is 1. The molecule has 166 valence electrons. The number of nitrogens with zero attached hydrogens (tertiary/aromatic N) is 2. The molecule has 0 atom stereocenters. The van der Waals surface area contributed by atoms with Gasteiger partial charge in [-0.25, -0.2) is 4.98 Å². The van der Waals surface area contributed by atoms with Crippen molar-refractivity contribution in [1.82, 2.24) is 15.3 Å². The van der Waals surface area contributed by atoms with Crippen molar-refractivity contribution in [3.63, 3.8) is 0 Å². The molecule has 0 aliphatic heterocycles. The van der Waals surface area contributed by atoms with Gasteiger partial charge in [-0.05, 0) is 53.7 Å². The molecule has 0 saturated heterocycles. The van der Waals surface area contributed by atoms with E-state index in [4.69, 9.17) is 16.6 Å². The van der Waals surface area contributed by atoms with Gasteiger partial charge in [0.05, 0.1) is 5.92 Å². The van der Waals surface area contributed by atoms with Crippen LogP contribution in [0.25, 0.3) is 22.7 Å². The molecule has 3 aromatic carbocycles. The van der Waals surface area contributed by atoms with E-state index in [1.165, 1.54) is 0 Å². The van der Waals surface area contributed by atoms with E-state index in [1.807, 2.05) is 91.0 Å². The molecule has 0 unspecified atom stereocenters. The fourth-order valence-corrected chi connectivity index (χ4v) is 3.97. The lowest BCUT2D eigenvalue weighted by Crippen LogP contribution is -2.37. The molecule has 0 spiro atoms. The first-order chi connectivity index (χ1) is 16.7. The van der Waals surface area contributed by atoms with E-state index in [1.54, 1.807) is 12.3 Å². The van der Waals surface area contributed by atoms with Gasteiger partial charge in [0, 0.05) is 17.4 Å². The van der Waals surface area contributed by atoms with E-state index < -0.39 is 5.92 Å². The Bertz CT molecular complexity index is 1380. The highest BCUT2D eigenvalue weighted by molar-refractivity contribution is 7.80. The fourth-order valence-electron chi connectivity index (χ4n) is 3.76. The number of aromatic nitrogens is 2. The summed E-state index contributed by atoms with van der Waals surface area (Å²) in [6, 6.07) is 30.4. The van der Waals surface area contributed by atoms with Crippen molar-refractivity contribution in [2.75, 3.05) is 5.32 Å². The van der Waals surface area contributed by atoms with Gasteiger partial charge in [-0.1, -0.05) is 66.7 Å². The van der Waals surface area contributed by atoms with Gasteiger partial charge in [-0.3, -0.25) is 4.79 Å². The first-order valence-electron chi connectivity index (χ1n) is 10.7. The van der Waals surface area contributed by atoms with Gasteiger partial charge in [-0.2, -0.15) is 4.98 Å². The maximum Gasteiger partial charge on any atom is 0.238 e. The number of rotatable bonds is 5. The summed E-state index contributed by atoms with van der Waals surface area (Å²) in [6.07, 6.45) is 1.67. The summed E-state index contributed by atoms with van der Waals surface area (Å²) in [7, 11) is 0. The standard InChI is InChI=1S/C27H20N4O2S/c32-25(23(18-9-3-1-4-10-18)19-11-5-2-6-12-19)31-27(34)29-21-14-7-13-20(17-21)26-30-24-22(33-26)15-8-16-28-24/h1-17,23H,(H2,29,31,32,34). The molecule has 0 aliphatic carbocycles. The van der Waals surface area contributed by atoms with E-state index in [0.29, 0.717) is 22.8 Å². The summed E-state index contributed by atoms with van der Waals surface area (Å²) in [5.41, 5.74) is 4.41. The SMILES string of the molecule is O=C(NC(=S)Nc1cccc(-c2nc3ncccc3o2)c1)C(c1ccccc1)c1ccccc1. The van der Waals surface area contributed by atoms with Crippen molar-refractivity contribution < 1.29 is 9.21 Å². The number of benzene rings is 3. The molecule has 5 rings (SSSR count). The number of hydrogen-bond donors (Lipinski definition) is 2. The minimum Gasteiger partial charge on any atom is -0.434 e. The number of fused-ring (bicyclic) bond motifs is 1. The number of pyridine rings is 1. The number of thiocarbonyl (C=S) groups is 1. The highest BCUT2D eigenvalue weighted by atomic mass is 32.1. The summed E-state index contributed by atoms with van der Waals surface area (Å²) in [5, 5.41) is 6.13. The van der Waals surface area contributed by atoms with Gasteiger partial charge in [0.25, 0.3) is 0 Å². The second kappa shape index (κ2) is 9.64. The van der Waals surface area contributed by atoms with Crippen LogP contribution in [0.1, 0.15) is 17.0 Å². The van der Waals surface area contributed by atoms with Crippen LogP contribution in [0.3, 0.4) is 0 Å². The second-order valence-corrected chi connectivity index (χ2v) is 8.03. The smallest absolute Gasteiger partial charge is 0.238 e. The second-order valence-electron chi connectivity index (χ2n) is 7.62. The third-order valence-corrected chi connectivity index (χ3v) is 5.50. The average Bonchev–Trinajstić information content (AvgIpc) is 3.30. The van der Waals surface area contributed by atoms with Crippen LogP contribution in [0.2, 0.25) is 0 Å². The summed E-state index contributed by atoms with van der Waals surface area (Å²) >= 11 is 5.45. The Labute approximate surface area is 201 Å². The molecule has 34 heavy (non-hydrogen) atoms. The van der Waals surface area contributed by atoms with Gasteiger partial charge in [0.2, 0.25) is 11.8 Å². The summed E-state index contributed by atoms with van der Waals surface area (Å²) < 4.78 is 5.80. The summed E-state index contributed by atoms with van der Waals surface area (Å²) in [5.74, 6) is -0.239. The maximum atomic E-state index is 13.3. The van der Waals surface area contributed by atoms with Crippen molar-refractivity contribution in [3.05, 3.63) is 114 Å². The van der Waals surface area contributed by atoms with Crippen molar-refractivity contribution in [3.8, 4) is 11.5 Å². The van der Waals surface area contributed by atoms with Crippen LogP contribution >= 0.6 is 12.2 Å². The van der Waals surface area contributed by atoms with E-state index in [2.05, 4.69) is 20.6 Å². The first kappa shape index (κ1) is 21.5.